The van der Waals surface area contributed by atoms with E-state index in [1.807, 2.05) is 0 Å². The van der Waals surface area contributed by atoms with E-state index in [9.17, 15) is 24.5 Å². The fourth-order valence-electron chi connectivity index (χ4n) is 1.84. The highest BCUT2D eigenvalue weighted by molar-refractivity contribution is 7.17. The van der Waals surface area contributed by atoms with E-state index in [1.165, 1.54) is 36.4 Å². The predicted molar refractivity (Wildman–Crippen MR) is 92.3 cm³/mol. The molecule has 9 nitrogen and oxygen atoms in total. The minimum atomic E-state index is -0.823. The predicted octanol–water partition coefficient (Wildman–Crippen LogP) is 2.63. The standard InChI is InChI=1S/C16H14N2O7S/c1-2-24-15(20)10-3-5-11(6-4-10)17-13(19)9-25-16(21)12-7-8-14(26-12)18(22)23/h3-8H,2,9H2,1H3,(H,17,19). The minimum absolute atomic E-state index is 0.0308. The van der Waals surface area contributed by atoms with Gasteiger partial charge >= 0.3 is 16.9 Å². The number of amides is 1. The van der Waals surface area contributed by atoms with Gasteiger partial charge in [0.05, 0.1) is 17.1 Å². The highest BCUT2D eigenvalue weighted by Crippen LogP contribution is 2.24. The number of carbonyl (C=O) groups is 3. The van der Waals surface area contributed by atoms with Gasteiger partial charge in [-0.3, -0.25) is 14.9 Å². The number of nitro groups is 1. The number of esters is 2. The summed E-state index contributed by atoms with van der Waals surface area (Å²) >= 11 is 0.664. The Hall–Kier alpha value is -3.27. The van der Waals surface area contributed by atoms with Crippen molar-refractivity contribution in [2.45, 2.75) is 6.92 Å². The van der Waals surface area contributed by atoms with Crippen LogP contribution in [0.4, 0.5) is 10.7 Å². The van der Waals surface area contributed by atoms with Crippen LogP contribution in [0.5, 0.6) is 0 Å². The third-order valence-corrected chi connectivity index (χ3v) is 4.00. The van der Waals surface area contributed by atoms with Gasteiger partial charge in [0, 0.05) is 11.8 Å². The average molecular weight is 378 g/mol. The molecule has 0 saturated heterocycles. The average Bonchev–Trinajstić information content (AvgIpc) is 3.11. The number of ether oxygens (including phenoxy) is 2. The topological polar surface area (TPSA) is 125 Å². The van der Waals surface area contributed by atoms with Crippen molar-refractivity contribution >= 4 is 39.9 Å². The second-order valence-electron chi connectivity index (χ2n) is 4.82. The summed E-state index contributed by atoms with van der Waals surface area (Å²) in [5, 5.41) is 12.9. The number of carbonyl (C=O) groups excluding carboxylic acids is 3. The fraction of sp³-hybridized carbons (Fsp3) is 0.188. The molecule has 2 aromatic rings. The van der Waals surface area contributed by atoms with Crippen molar-refractivity contribution < 1.29 is 28.8 Å². The summed E-state index contributed by atoms with van der Waals surface area (Å²) in [5.41, 5.74) is 0.751. The number of anilines is 1. The molecule has 0 atom stereocenters. The second kappa shape index (κ2) is 8.72. The lowest BCUT2D eigenvalue weighted by atomic mass is 10.2. The number of rotatable bonds is 7. The van der Waals surface area contributed by atoms with Crippen LogP contribution < -0.4 is 5.32 Å². The molecule has 0 spiro atoms. The molecule has 1 N–H and O–H groups in total. The van der Waals surface area contributed by atoms with E-state index in [0.29, 0.717) is 22.6 Å². The van der Waals surface area contributed by atoms with Crippen LogP contribution in [0.2, 0.25) is 0 Å². The van der Waals surface area contributed by atoms with Crippen LogP contribution in [0.15, 0.2) is 36.4 Å². The molecule has 1 aromatic heterocycles. The van der Waals surface area contributed by atoms with Crippen LogP contribution >= 0.6 is 11.3 Å². The number of hydrogen-bond acceptors (Lipinski definition) is 8. The van der Waals surface area contributed by atoms with Gasteiger partial charge in [0.25, 0.3) is 5.91 Å². The lowest BCUT2D eigenvalue weighted by molar-refractivity contribution is -0.380. The molecule has 0 radical (unpaired) electrons. The van der Waals surface area contributed by atoms with Gasteiger partial charge in [-0.2, -0.15) is 0 Å². The third kappa shape index (κ3) is 5.11. The molecule has 0 aliphatic carbocycles. The van der Waals surface area contributed by atoms with Crippen LogP contribution in [-0.4, -0.2) is 36.0 Å². The zero-order valence-electron chi connectivity index (χ0n) is 13.6. The SMILES string of the molecule is CCOC(=O)c1ccc(NC(=O)COC(=O)c2ccc([N+](=O)[O-])s2)cc1. The molecular formula is C16H14N2O7S. The van der Waals surface area contributed by atoms with Crippen LogP contribution in [-0.2, 0) is 14.3 Å². The quantitative estimate of drug-likeness (QED) is 0.446. The summed E-state index contributed by atoms with van der Waals surface area (Å²) in [5.74, 6) is -1.88. The van der Waals surface area contributed by atoms with Gasteiger partial charge < -0.3 is 14.8 Å². The molecule has 0 fully saturated rings. The van der Waals surface area contributed by atoms with E-state index < -0.39 is 29.4 Å². The number of thiophene rings is 1. The van der Waals surface area contributed by atoms with E-state index in [1.54, 1.807) is 6.92 Å². The maximum Gasteiger partial charge on any atom is 0.349 e. The van der Waals surface area contributed by atoms with Crippen LogP contribution in [0.25, 0.3) is 0 Å². The minimum Gasteiger partial charge on any atom is -0.462 e. The summed E-state index contributed by atoms with van der Waals surface area (Å²) in [6.45, 7) is 1.41. The van der Waals surface area contributed by atoms with E-state index in [-0.39, 0.29) is 16.5 Å². The van der Waals surface area contributed by atoms with Crippen molar-refractivity contribution in [3.8, 4) is 0 Å². The Bertz CT molecular complexity index is 829. The van der Waals surface area contributed by atoms with E-state index in [0.717, 1.165) is 0 Å². The molecule has 0 unspecified atom stereocenters. The van der Waals surface area contributed by atoms with Crippen LogP contribution in [0.1, 0.15) is 27.0 Å². The van der Waals surface area contributed by atoms with Gasteiger partial charge in [0.15, 0.2) is 6.61 Å². The molecule has 26 heavy (non-hydrogen) atoms. The Morgan fingerprint density at radius 3 is 2.35 bits per heavy atom. The van der Waals surface area contributed by atoms with Gasteiger partial charge in [0.1, 0.15) is 4.88 Å². The summed E-state index contributed by atoms with van der Waals surface area (Å²) in [6, 6.07) is 8.45. The Kier molecular flexibility index (Phi) is 6.39. The van der Waals surface area contributed by atoms with Gasteiger partial charge in [-0.05, 0) is 37.3 Å². The summed E-state index contributed by atoms with van der Waals surface area (Å²) in [6.07, 6.45) is 0. The monoisotopic (exact) mass is 378 g/mol. The third-order valence-electron chi connectivity index (χ3n) is 2.99. The zero-order valence-corrected chi connectivity index (χ0v) is 14.4. The zero-order chi connectivity index (χ0) is 19.1. The maximum absolute atomic E-state index is 11.8. The van der Waals surface area contributed by atoms with Crippen molar-refractivity contribution in [3.63, 3.8) is 0 Å². The van der Waals surface area contributed by atoms with E-state index in [4.69, 9.17) is 9.47 Å². The molecular weight excluding hydrogens is 364 g/mol. The molecule has 136 valence electrons. The van der Waals surface area contributed by atoms with Crippen molar-refractivity contribution in [2.24, 2.45) is 0 Å². The molecule has 1 heterocycles. The van der Waals surface area contributed by atoms with Crippen molar-refractivity contribution in [1.82, 2.24) is 0 Å². The smallest absolute Gasteiger partial charge is 0.349 e. The van der Waals surface area contributed by atoms with E-state index >= 15 is 0 Å². The highest BCUT2D eigenvalue weighted by Gasteiger charge is 2.17. The fourth-order valence-corrected chi connectivity index (χ4v) is 2.55. The van der Waals surface area contributed by atoms with Crippen LogP contribution in [0.3, 0.4) is 0 Å². The summed E-state index contributed by atoms with van der Waals surface area (Å²) in [4.78, 5) is 45.1. The molecule has 10 heteroatoms. The van der Waals surface area contributed by atoms with Crippen LogP contribution in [0, 0.1) is 10.1 Å². The first-order chi connectivity index (χ1) is 12.4. The van der Waals surface area contributed by atoms with Crippen molar-refractivity contribution in [2.75, 3.05) is 18.5 Å². The van der Waals surface area contributed by atoms with Gasteiger partial charge in [-0.15, -0.1) is 0 Å². The Labute approximate surface area is 151 Å². The van der Waals surface area contributed by atoms with Crippen molar-refractivity contribution in [3.05, 3.63) is 57.0 Å². The number of benzene rings is 1. The maximum atomic E-state index is 11.8. The van der Waals surface area contributed by atoms with E-state index in [2.05, 4.69) is 5.32 Å². The lowest BCUT2D eigenvalue weighted by Gasteiger charge is -2.07. The summed E-state index contributed by atoms with van der Waals surface area (Å²) < 4.78 is 9.66. The first-order valence-electron chi connectivity index (χ1n) is 7.39. The molecule has 1 aromatic carbocycles. The summed E-state index contributed by atoms with van der Waals surface area (Å²) in [7, 11) is 0. The van der Waals surface area contributed by atoms with Gasteiger partial charge in [-0.25, -0.2) is 9.59 Å². The Balaban J connectivity index is 1.85. The van der Waals surface area contributed by atoms with Crippen molar-refractivity contribution in [1.29, 1.82) is 0 Å². The van der Waals surface area contributed by atoms with Gasteiger partial charge in [0.2, 0.25) is 0 Å². The Morgan fingerprint density at radius 2 is 1.77 bits per heavy atom. The molecule has 1 amide bonds. The normalized spacial score (nSPS) is 10.0. The second-order valence-corrected chi connectivity index (χ2v) is 5.88. The highest BCUT2D eigenvalue weighted by atomic mass is 32.1. The number of nitrogens with zero attached hydrogens (tertiary/aromatic N) is 1. The molecule has 0 bridgehead atoms. The van der Waals surface area contributed by atoms with Gasteiger partial charge in [-0.1, -0.05) is 11.3 Å². The molecule has 2 rings (SSSR count). The molecule has 0 aliphatic heterocycles. The largest absolute Gasteiger partial charge is 0.462 e. The number of hydrogen-bond donors (Lipinski definition) is 1. The first kappa shape index (κ1) is 19.1. The number of nitrogens with one attached hydrogen (secondary N) is 1. The first-order valence-corrected chi connectivity index (χ1v) is 8.20. The molecule has 0 saturated carbocycles. The Morgan fingerprint density at radius 1 is 1.08 bits per heavy atom. The molecule has 0 aliphatic rings. The lowest BCUT2D eigenvalue weighted by Crippen LogP contribution is -2.20.